The zero-order valence-corrected chi connectivity index (χ0v) is 11.6. The number of hydrazine groups is 1. The lowest BCUT2D eigenvalue weighted by molar-refractivity contribution is 0.980. The molecule has 100 valence electrons. The highest BCUT2D eigenvalue weighted by Crippen LogP contribution is 2.23. The second-order valence-electron chi connectivity index (χ2n) is 4.32. The van der Waals surface area contributed by atoms with Crippen LogP contribution in [0.15, 0.2) is 18.3 Å². The smallest absolute Gasteiger partial charge is 0.180 e. The normalized spacial score (nSPS) is 10.5. The van der Waals surface area contributed by atoms with E-state index in [4.69, 9.17) is 5.84 Å². The van der Waals surface area contributed by atoms with Gasteiger partial charge in [0.25, 0.3) is 0 Å². The van der Waals surface area contributed by atoms with Crippen molar-refractivity contribution in [2.75, 3.05) is 5.43 Å². The molecule has 0 amide bonds. The second kappa shape index (κ2) is 5.75. The molecule has 0 aliphatic heterocycles. The zero-order chi connectivity index (χ0) is 13.8. The van der Waals surface area contributed by atoms with Gasteiger partial charge in [0.1, 0.15) is 11.5 Å². The Labute approximate surface area is 113 Å². The first-order chi connectivity index (χ1) is 9.21. The van der Waals surface area contributed by atoms with Gasteiger partial charge in [-0.3, -0.25) is 4.98 Å². The van der Waals surface area contributed by atoms with Crippen LogP contribution in [0.4, 0.5) is 5.82 Å². The Hall–Kier alpha value is -2.01. The standard InChI is InChI=1S/C14H19N5/c1-4-10-7-6-8-16-12(10)14-17-9(3)11(5-2)13(18-14)19-15/h6-8H,4-5,15H2,1-3H3,(H,17,18,19). The van der Waals surface area contributed by atoms with E-state index in [9.17, 15) is 0 Å². The van der Waals surface area contributed by atoms with Crippen molar-refractivity contribution in [3.8, 4) is 11.5 Å². The second-order valence-corrected chi connectivity index (χ2v) is 4.32. The van der Waals surface area contributed by atoms with E-state index in [1.807, 2.05) is 19.1 Å². The van der Waals surface area contributed by atoms with Crippen molar-refractivity contribution in [2.24, 2.45) is 5.84 Å². The molecular formula is C14H19N5. The van der Waals surface area contributed by atoms with Crippen molar-refractivity contribution >= 4 is 5.82 Å². The van der Waals surface area contributed by atoms with Crippen molar-refractivity contribution in [1.29, 1.82) is 0 Å². The molecule has 2 aromatic heterocycles. The Balaban J connectivity index is 2.60. The van der Waals surface area contributed by atoms with Crippen LogP contribution >= 0.6 is 0 Å². The predicted octanol–water partition coefficient (Wildman–Crippen LogP) is 2.26. The minimum Gasteiger partial charge on any atom is -0.308 e. The van der Waals surface area contributed by atoms with Gasteiger partial charge in [-0.05, 0) is 31.4 Å². The van der Waals surface area contributed by atoms with Crippen molar-refractivity contribution in [3.05, 3.63) is 35.2 Å². The minimum atomic E-state index is 0.625. The molecule has 5 heteroatoms. The molecule has 5 nitrogen and oxygen atoms in total. The molecule has 3 N–H and O–H groups in total. The van der Waals surface area contributed by atoms with Gasteiger partial charge in [-0.1, -0.05) is 19.9 Å². The minimum absolute atomic E-state index is 0.625. The molecule has 0 saturated heterocycles. The largest absolute Gasteiger partial charge is 0.308 e. The van der Waals surface area contributed by atoms with Crippen molar-refractivity contribution in [2.45, 2.75) is 33.6 Å². The lowest BCUT2D eigenvalue weighted by Gasteiger charge is -2.12. The van der Waals surface area contributed by atoms with Crippen LogP contribution < -0.4 is 11.3 Å². The molecular weight excluding hydrogens is 238 g/mol. The molecule has 0 radical (unpaired) electrons. The van der Waals surface area contributed by atoms with Crippen LogP contribution in [-0.4, -0.2) is 15.0 Å². The van der Waals surface area contributed by atoms with Crippen LogP contribution in [0.25, 0.3) is 11.5 Å². The number of rotatable bonds is 4. The fourth-order valence-electron chi connectivity index (χ4n) is 2.17. The summed E-state index contributed by atoms with van der Waals surface area (Å²) in [6, 6.07) is 3.97. The van der Waals surface area contributed by atoms with Crippen LogP contribution in [0.5, 0.6) is 0 Å². The molecule has 2 rings (SSSR count). The molecule has 0 aliphatic carbocycles. The first kappa shape index (κ1) is 13.4. The number of nitrogens with one attached hydrogen (secondary N) is 1. The third-order valence-electron chi connectivity index (χ3n) is 3.19. The number of aryl methyl sites for hydroxylation is 2. The van der Waals surface area contributed by atoms with Gasteiger partial charge in [-0.25, -0.2) is 15.8 Å². The van der Waals surface area contributed by atoms with Crippen LogP contribution in [-0.2, 0) is 12.8 Å². The number of pyridine rings is 1. The Morgan fingerprint density at radius 2 is 2.00 bits per heavy atom. The number of nitrogens with two attached hydrogens (primary N) is 1. The van der Waals surface area contributed by atoms with Gasteiger partial charge in [0.2, 0.25) is 0 Å². The summed E-state index contributed by atoms with van der Waals surface area (Å²) in [4.78, 5) is 13.5. The summed E-state index contributed by atoms with van der Waals surface area (Å²) < 4.78 is 0. The van der Waals surface area contributed by atoms with Crippen molar-refractivity contribution < 1.29 is 0 Å². The lowest BCUT2D eigenvalue weighted by Crippen LogP contribution is -2.14. The molecule has 0 spiro atoms. The average molecular weight is 257 g/mol. The van der Waals surface area contributed by atoms with Crippen LogP contribution in [0.3, 0.4) is 0 Å². The molecule has 0 atom stereocenters. The summed E-state index contributed by atoms with van der Waals surface area (Å²) in [6.45, 7) is 6.12. The number of anilines is 1. The Morgan fingerprint density at radius 3 is 2.63 bits per heavy atom. The van der Waals surface area contributed by atoms with E-state index in [2.05, 4.69) is 34.2 Å². The van der Waals surface area contributed by atoms with Gasteiger partial charge in [0.15, 0.2) is 5.82 Å². The van der Waals surface area contributed by atoms with Crippen LogP contribution in [0.1, 0.15) is 30.7 Å². The van der Waals surface area contributed by atoms with Crippen LogP contribution in [0, 0.1) is 6.92 Å². The number of nitrogens with zero attached hydrogens (tertiary/aromatic N) is 3. The predicted molar refractivity (Wildman–Crippen MR) is 76.6 cm³/mol. The van der Waals surface area contributed by atoms with E-state index in [0.717, 1.165) is 35.4 Å². The van der Waals surface area contributed by atoms with Gasteiger partial charge in [0.05, 0.1) is 0 Å². The van der Waals surface area contributed by atoms with Gasteiger partial charge in [-0.15, -0.1) is 0 Å². The number of hydrogen-bond acceptors (Lipinski definition) is 5. The number of hydrogen-bond donors (Lipinski definition) is 2. The van der Waals surface area contributed by atoms with Gasteiger partial charge >= 0.3 is 0 Å². The molecule has 0 fully saturated rings. The quantitative estimate of drug-likeness (QED) is 0.649. The van der Waals surface area contributed by atoms with Crippen molar-refractivity contribution in [1.82, 2.24) is 15.0 Å². The summed E-state index contributed by atoms with van der Waals surface area (Å²) in [5.74, 6) is 6.86. The molecule has 0 saturated carbocycles. The topological polar surface area (TPSA) is 76.7 Å². The average Bonchev–Trinajstić information content (AvgIpc) is 2.46. The monoisotopic (exact) mass is 257 g/mol. The lowest BCUT2D eigenvalue weighted by atomic mass is 10.1. The zero-order valence-electron chi connectivity index (χ0n) is 11.6. The van der Waals surface area contributed by atoms with Gasteiger partial charge in [-0.2, -0.15) is 0 Å². The van der Waals surface area contributed by atoms with E-state index in [0.29, 0.717) is 11.6 Å². The molecule has 2 aromatic rings. The highest BCUT2D eigenvalue weighted by atomic mass is 15.3. The van der Waals surface area contributed by atoms with Gasteiger partial charge in [0, 0.05) is 17.5 Å². The maximum absolute atomic E-state index is 5.55. The molecule has 0 aromatic carbocycles. The van der Waals surface area contributed by atoms with E-state index in [1.54, 1.807) is 6.20 Å². The molecule has 0 bridgehead atoms. The van der Waals surface area contributed by atoms with Gasteiger partial charge < -0.3 is 5.43 Å². The van der Waals surface area contributed by atoms with Crippen molar-refractivity contribution in [3.63, 3.8) is 0 Å². The molecule has 19 heavy (non-hydrogen) atoms. The fraction of sp³-hybridized carbons (Fsp3) is 0.357. The SMILES string of the molecule is CCc1cccnc1-c1nc(C)c(CC)c(NN)n1. The number of nitrogen functional groups attached to an aromatic ring is 1. The Morgan fingerprint density at radius 1 is 1.21 bits per heavy atom. The summed E-state index contributed by atoms with van der Waals surface area (Å²) >= 11 is 0. The highest BCUT2D eigenvalue weighted by Gasteiger charge is 2.13. The summed E-state index contributed by atoms with van der Waals surface area (Å²) in [6.07, 6.45) is 3.50. The maximum Gasteiger partial charge on any atom is 0.180 e. The van der Waals surface area contributed by atoms with E-state index < -0.39 is 0 Å². The first-order valence-electron chi connectivity index (χ1n) is 6.49. The fourth-order valence-corrected chi connectivity index (χ4v) is 2.17. The summed E-state index contributed by atoms with van der Waals surface area (Å²) in [5.41, 5.74) is 6.60. The Kier molecular flexibility index (Phi) is 4.06. The van der Waals surface area contributed by atoms with E-state index in [1.165, 1.54) is 0 Å². The third-order valence-corrected chi connectivity index (χ3v) is 3.19. The molecule has 2 heterocycles. The van der Waals surface area contributed by atoms with Crippen LogP contribution in [0.2, 0.25) is 0 Å². The highest BCUT2D eigenvalue weighted by molar-refractivity contribution is 5.59. The van der Waals surface area contributed by atoms with E-state index >= 15 is 0 Å². The van der Waals surface area contributed by atoms with E-state index in [-0.39, 0.29) is 0 Å². The molecule has 0 unspecified atom stereocenters. The molecule has 0 aliphatic rings. The summed E-state index contributed by atoms with van der Waals surface area (Å²) in [5, 5.41) is 0. The first-order valence-corrected chi connectivity index (χ1v) is 6.49. The maximum atomic E-state index is 5.55. The Bertz CT molecular complexity index is 580. The third kappa shape index (κ3) is 2.56. The summed E-state index contributed by atoms with van der Waals surface area (Å²) in [7, 11) is 0. The number of aromatic nitrogens is 3.